The number of hydrogen-bond donors (Lipinski definition) is 3. The number of nitrogens with one attached hydrogen (secondary N) is 3. The van der Waals surface area contributed by atoms with Crippen LogP contribution >= 0.6 is 0 Å². The monoisotopic (exact) mass is 294 g/mol. The van der Waals surface area contributed by atoms with Gasteiger partial charge in [0.1, 0.15) is 5.75 Å². The van der Waals surface area contributed by atoms with E-state index in [1.165, 1.54) is 0 Å². The summed E-state index contributed by atoms with van der Waals surface area (Å²) in [4.78, 5) is 24.5. The van der Waals surface area contributed by atoms with Crippen LogP contribution in [0.25, 0.3) is 0 Å². The van der Waals surface area contributed by atoms with E-state index in [9.17, 15) is 9.59 Å². The van der Waals surface area contributed by atoms with Gasteiger partial charge in [-0.15, -0.1) is 0 Å². The summed E-state index contributed by atoms with van der Waals surface area (Å²) >= 11 is 0. The number of likely N-dealkylation sites (N-methyl/N-ethyl adjacent to an activating group) is 2. The molecular weight excluding hydrogens is 270 g/mol. The zero-order valence-electron chi connectivity index (χ0n) is 12.9. The van der Waals surface area contributed by atoms with Crippen LogP contribution in [0.2, 0.25) is 0 Å². The first kappa shape index (κ1) is 17.0. The Labute approximate surface area is 125 Å². The SMILES string of the molecule is CCNC(=O)C[NH+](CC)CC(=O)Nc1ccccc1OC. The van der Waals surface area contributed by atoms with Gasteiger partial charge in [0.25, 0.3) is 11.8 Å². The summed E-state index contributed by atoms with van der Waals surface area (Å²) in [5, 5.41) is 5.56. The van der Waals surface area contributed by atoms with Gasteiger partial charge in [-0.2, -0.15) is 0 Å². The highest BCUT2D eigenvalue weighted by Gasteiger charge is 2.17. The molecule has 3 N–H and O–H groups in total. The van der Waals surface area contributed by atoms with Crippen molar-refractivity contribution in [1.82, 2.24) is 5.32 Å². The quantitative estimate of drug-likeness (QED) is 0.615. The molecule has 0 aliphatic rings. The molecule has 1 unspecified atom stereocenters. The summed E-state index contributed by atoms with van der Waals surface area (Å²) in [6.07, 6.45) is 0. The number of benzene rings is 1. The molecule has 0 saturated heterocycles. The number of amides is 2. The van der Waals surface area contributed by atoms with E-state index in [0.29, 0.717) is 31.1 Å². The predicted molar refractivity (Wildman–Crippen MR) is 81.5 cm³/mol. The molecule has 0 radical (unpaired) electrons. The fourth-order valence-corrected chi connectivity index (χ4v) is 1.97. The van der Waals surface area contributed by atoms with E-state index in [4.69, 9.17) is 4.74 Å². The molecule has 0 saturated carbocycles. The number of rotatable bonds is 8. The topological polar surface area (TPSA) is 71.9 Å². The Morgan fingerprint density at radius 1 is 1.14 bits per heavy atom. The maximum absolute atomic E-state index is 12.1. The Morgan fingerprint density at radius 2 is 1.81 bits per heavy atom. The van der Waals surface area contributed by atoms with Crippen LogP contribution in [0.15, 0.2) is 24.3 Å². The lowest BCUT2D eigenvalue weighted by atomic mass is 10.3. The van der Waals surface area contributed by atoms with E-state index in [0.717, 1.165) is 4.90 Å². The van der Waals surface area contributed by atoms with Crippen molar-refractivity contribution in [1.29, 1.82) is 0 Å². The zero-order chi connectivity index (χ0) is 15.7. The fourth-order valence-electron chi connectivity index (χ4n) is 1.97. The average Bonchev–Trinajstić information content (AvgIpc) is 2.47. The number of anilines is 1. The van der Waals surface area contributed by atoms with Gasteiger partial charge < -0.3 is 20.3 Å². The van der Waals surface area contributed by atoms with Crippen molar-refractivity contribution in [2.24, 2.45) is 0 Å². The van der Waals surface area contributed by atoms with Gasteiger partial charge in [-0.25, -0.2) is 0 Å². The third-order valence-corrected chi connectivity index (χ3v) is 3.08. The average molecular weight is 294 g/mol. The Balaban J connectivity index is 2.56. The number of ether oxygens (including phenoxy) is 1. The van der Waals surface area contributed by atoms with Gasteiger partial charge in [0.2, 0.25) is 0 Å². The highest BCUT2D eigenvalue weighted by Crippen LogP contribution is 2.22. The van der Waals surface area contributed by atoms with Crippen LogP contribution in [-0.4, -0.2) is 45.1 Å². The molecule has 116 valence electrons. The van der Waals surface area contributed by atoms with E-state index in [-0.39, 0.29) is 18.4 Å². The largest absolute Gasteiger partial charge is 0.495 e. The maximum atomic E-state index is 12.1. The fraction of sp³-hybridized carbons (Fsp3) is 0.467. The van der Waals surface area contributed by atoms with Crippen molar-refractivity contribution in [2.75, 3.05) is 38.6 Å². The lowest BCUT2D eigenvalue weighted by molar-refractivity contribution is -0.881. The third-order valence-electron chi connectivity index (χ3n) is 3.08. The van der Waals surface area contributed by atoms with E-state index in [1.54, 1.807) is 19.2 Å². The lowest BCUT2D eigenvalue weighted by Crippen LogP contribution is -3.14. The molecule has 2 amide bonds. The molecule has 0 aromatic heterocycles. The van der Waals surface area contributed by atoms with Gasteiger partial charge in [-0.1, -0.05) is 12.1 Å². The second-order valence-corrected chi connectivity index (χ2v) is 4.66. The minimum atomic E-state index is -0.138. The summed E-state index contributed by atoms with van der Waals surface area (Å²) < 4.78 is 5.19. The molecular formula is C15H24N3O3+. The Hall–Kier alpha value is -2.08. The second kappa shape index (κ2) is 8.97. The van der Waals surface area contributed by atoms with Crippen LogP contribution in [0.3, 0.4) is 0 Å². The van der Waals surface area contributed by atoms with Gasteiger partial charge >= 0.3 is 0 Å². The molecule has 1 rings (SSSR count). The van der Waals surface area contributed by atoms with E-state index in [2.05, 4.69) is 10.6 Å². The second-order valence-electron chi connectivity index (χ2n) is 4.66. The first-order valence-electron chi connectivity index (χ1n) is 7.13. The standard InChI is InChI=1S/C15H23N3O3/c1-4-16-14(19)10-18(5-2)11-15(20)17-12-8-6-7-9-13(12)21-3/h6-9H,4-5,10-11H2,1-3H3,(H,16,19)(H,17,20)/p+1. The number of hydrogen-bond acceptors (Lipinski definition) is 3. The van der Waals surface area contributed by atoms with Crippen molar-refractivity contribution in [3.8, 4) is 5.75 Å². The van der Waals surface area contributed by atoms with Crippen molar-refractivity contribution in [3.63, 3.8) is 0 Å². The van der Waals surface area contributed by atoms with Gasteiger partial charge in [0, 0.05) is 6.54 Å². The van der Waals surface area contributed by atoms with Crippen LogP contribution in [0, 0.1) is 0 Å². The zero-order valence-corrected chi connectivity index (χ0v) is 12.9. The Bertz CT molecular complexity index is 477. The molecule has 1 aromatic carbocycles. The van der Waals surface area contributed by atoms with E-state index >= 15 is 0 Å². The number of methoxy groups -OCH3 is 1. The highest BCUT2D eigenvalue weighted by atomic mass is 16.5. The molecule has 21 heavy (non-hydrogen) atoms. The number of quaternary nitrogens is 1. The minimum Gasteiger partial charge on any atom is -0.495 e. The third kappa shape index (κ3) is 5.83. The van der Waals surface area contributed by atoms with Gasteiger partial charge in [0.15, 0.2) is 13.1 Å². The summed E-state index contributed by atoms with van der Waals surface area (Å²) in [5.74, 6) is 0.438. The molecule has 0 bridgehead atoms. The molecule has 1 atom stereocenters. The summed E-state index contributed by atoms with van der Waals surface area (Å²) in [7, 11) is 1.56. The smallest absolute Gasteiger partial charge is 0.279 e. The molecule has 0 heterocycles. The van der Waals surface area contributed by atoms with Crippen LogP contribution in [-0.2, 0) is 9.59 Å². The molecule has 0 aliphatic carbocycles. The highest BCUT2D eigenvalue weighted by molar-refractivity contribution is 5.93. The molecule has 1 aromatic rings. The van der Waals surface area contributed by atoms with Crippen molar-refractivity contribution in [3.05, 3.63) is 24.3 Å². The predicted octanol–water partition coefficient (Wildman–Crippen LogP) is -0.325. The summed E-state index contributed by atoms with van der Waals surface area (Å²) in [5.41, 5.74) is 0.637. The Morgan fingerprint density at radius 3 is 2.43 bits per heavy atom. The number of carbonyl (C=O) groups excluding carboxylic acids is 2. The van der Waals surface area contributed by atoms with Crippen LogP contribution in [0.5, 0.6) is 5.75 Å². The van der Waals surface area contributed by atoms with Crippen LogP contribution < -0.4 is 20.3 Å². The van der Waals surface area contributed by atoms with Gasteiger partial charge in [-0.3, -0.25) is 9.59 Å². The molecule has 6 heteroatoms. The normalized spacial score (nSPS) is 11.6. The molecule has 0 fully saturated rings. The van der Waals surface area contributed by atoms with E-state index < -0.39 is 0 Å². The first-order valence-corrected chi connectivity index (χ1v) is 7.13. The number of para-hydroxylation sites is 2. The maximum Gasteiger partial charge on any atom is 0.279 e. The van der Waals surface area contributed by atoms with E-state index in [1.807, 2.05) is 26.0 Å². The summed E-state index contributed by atoms with van der Waals surface area (Å²) in [6.45, 7) is 5.66. The minimum absolute atomic E-state index is 0.0422. The van der Waals surface area contributed by atoms with Crippen molar-refractivity contribution < 1.29 is 19.2 Å². The lowest BCUT2D eigenvalue weighted by Gasteiger charge is -2.17. The van der Waals surface area contributed by atoms with Gasteiger partial charge in [0.05, 0.1) is 19.3 Å². The molecule has 0 spiro atoms. The number of carbonyl (C=O) groups is 2. The summed E-state index contributed by atoms with van der Waals surface area (Å²) in [6, 6.07) is 7.24. The van der Waals surface area contributed by atoms with Crippen LogP contribution in [0.4, 0.5) is 5.69 Å². The molecule has 6 nitrogen and oxygen atoms in total. The van der Waals surface area contributed by atoms with Crippen molar-refractivity contribution in [2.45, 2.75) is 13.8 Å². The van der Waals surface area contributed by atoms with Gasteiger partial charge in [-0.05, 0) is 26.0 Å². The van der Waals surface area contributed by atoms with Crippen molar-refractivity contribution >= 4 is 17.5 Å². The first-order chi connectivity index (χ1) is 10.1. The molecule has 0 aliphatic heterocycles. The Kier molecular flexibility index (Phi) is 7.25. The van der Waals surface area contributed by atoms with Crippen LogP contribution in [0.1, 0.15) is 13.8 Å².